The average molecular weight is 257 g/mol. The highest BCUT2D eigenvalue weighted by Gasteiger charge is 2.13. The zero-order valence-electron chi connectivity index (χ0n) is 10.00. The van der Waals surface area contributed by atoms with Crippen LogP contribution in [-0.2, 0) is 4.74 Å². The number of amides is 1. The van der Waals surface area contributed by atoms with Gasteiger partial charge in [-0.05, 0) is 26.0 Å². The average Bonchev–Trinajstić information content (AvgIpc) is 2.29. The molecule has 0 saturated heterocycles. The van der Waals surface area contributed by atoms with Crippen molar-refractivity contribution in [1.29, 1.82) is 0 Å². The summed E-state index contributed by atoms with van der Waals surface area (Å²) in [6, 6.07) is 4.92. The lowest BCUT2D eigenvalue weighted by Crippen LogP contribution is -2.36. The van der Waals surface area contributed by atoms with Crippen LogP contribution in [0.2, 0.25) is 5.02 Å². The maximum Gasteiger partial charge on any atom is 0.253 e. The Labute approximate surface area is 106 Å². The van der Waals surface area contributed by atoms with E-state index in [4.69, 9.17) is 22.1 Å². The molecule has 0 radical (unpaired) electrons. The summed E-state index contributed by atoms with van der Waals surface area (Å²) in [6.07, 6.45) is 0. The van der Waals surface area contributed by atoms with Gasteiger partial charge in [-0.2, -0.15) is 0 Å². The van der Waals surface area contributed by atoms with Gasteiger partial charge < -0.3 is 15.8 Å². The van der Waals surface area contributed by atoms with E-state index in [1.165, 1.54) is 0 Å². The molecule has 94 valence electrons. The van der Waals surface area contributed by atoms with Gasteiger partial charge in [0.05, 0.1) is 22.9 Å². The molecule has 0 aliphatic rings. The highest BCUT2D eigenvalue weighted by atomic mass is 35.5. The van der Waals surface area contributed by atoms with Crippen LogP contribution in [0.15, 0.2) is 18.2 Å². The zero-order chi connectivity index (χ0) is 12.8. The van der Waals surface area contributed by atoms with Crippen molar-refractivity contribution < 1.29 is 9.53 Å². The molecule has 17 heavy (non-hydrogen) atoms. The second-order valence-electron chi connectivity index (χ2n) is 3.74. The van der Waals surface area contributed by atoms with E-state index in [0.717, 1.165) is 0 Å². The molecule has 0 spiro atoms. The summed E-state index contributed by atoms with van der Waals surface area (Å²) in [5, 5.41) is 3.18. The van der Waals surface area contributed by atoms with Gasteiger partial charge in [0.2, 0.25) is 0 Å². The molecule has 1 aromatic carbocycles. The minimum Gasteiger partial charge on any atom is -0.397 e. The number of para-hydroxylation sites is 1. The number of carbonyl (C=O) groups is 1. The Morgan fingerprint density at radius 3 is 2.94 bits per heavy atom. The fraction of sp³-hybridized carbons (Fsp3) is 0.417. The number of benzene rings is 1. The second-order valence-corrected chi connectivity index (χ2v) is 4.14. The summed E-state index contributed by atoms with van der Waals surface area (Å²) in [5.41, 5.74) is 6.43. The van der Waals surface area contributed by atoms with E-state index in [1.54, 1.807) is 18.2 Å². The maximum absolute atomic E-state index is 11.9. The second kappa shape index (κ2) is 6.47. The molecule has 0 aromatic heterocycles. The number of hydrogen-bond donors (Lipinski definition) is 2. The minimum absolute atomic E-state index is 0.0687. The first kappa shape index (κ1) is 13.8. The molecule has 1 aromatic rings. The number of nitrogen functional groups attached to an aromatic ring is 1. The SMILES string of the molecule is CCOCC(C)NC(=O)c1cccc(Cl)c1N. The summed E-state index contributed by atoms with van der Waals surface area (Å²) in [7, 11) is 0. The predicted molar refractivity (Wildman–Crippen MR) is 69.3 cm³/mol. The summed E-state index contributed by atoms with van der Waals surface area (Å²) in [5.74, 6) is -0.239. The van der Waals surface area contributed by atoms with Crippen LogP contribution >= 0.6 is 11.6 Å². The topological polar surface area (TPSA) is 64.3 Å². The third kappa shape index (κ3) is 3.91. The molecule has 0 saturated carbocycles. The fourth-order valence-electron chi connectivity index (χ4n) is 1.37. The van der Waals surface area contributed by atoms with Gasteiger partial charge in [0, 0.05) is 12.6 Å². The lowest BCUT2D eigenvalue weighted by molar-refractivity contribution is 0.0873. The van der Waals surface area contributed by atoms with E-state index in [2.05, 4.69) is 5.32 Å². The van der Waals surface area contributed by atoms with E-state index in [9.17, 15) is 4.79 Å². The van der Waals surface area contributed by atoms with Gasteiger partial charge in [-0.3, -0.25) is 4.79 Å². The molecular formula is C12H17ClN2O2. The quantitative estimate of drug-likeness (QED) is 0.793. The maximum atomic E-state index is 11.9. The Hall–Kier alpha value is -1.26. The van der Waals surface area contributed by atoms with Gasteiger partial charge in [-0.1, -0.05) is 17.7 Å². The first-order chi connectivity index (χ1) is 8.06. The number of halogens is 1. The number of anilines is 1. The van der Waals surface area contributed by atoms with E-state index >= 15 is 0 Å². The molecule has 1 amide bonds. The van der Waals surface area contributed by atoms with E-state index in [-0.39, 0.29) is 11.9 Å². The molecule has 4 nitrogen and oxygen atoms in total. The van der Waals surface area contributed by atoms with Crippen LogP contribution in [0.4, 0.5) is 5.69 Å². The number of hydrogen-bond acceptors (Lipinski definition) is 3. The van der Waals surface area contributed by atoms with Crippen molar-refractivity contribution in [2.24, 2.45) is 0 Å². The minimum atomic E-state index is -0.239. The molecule has 0 fully saturated rings. The highest BCUT2D eigenvalue weighted by molar-refractivity contribution is 6.33. The molecule has 0 bridgehead atoms. The number of nitrogens with one attached hydrogen (secondary N) is 1. The van der Waals surface area contributed by atoms with Crippen molar-refractivity contribution in [3.05, 3.63) is 28.8 Å². The van der Waals surface area contributed by atoms with Crippen LogP contribution in [0, 0.1) is 0 Å². The van der Waals surface area contributed by atoms with Crippen molar-refractivity contribution in [3.8, 4) is 0 Å². The summed E-state index contributed by atoms with van der Waals surface area (Å²) in [6.45, 7) is 4.88. The molecule has 0 aliphatic carbocycles. The van der Waals surface area contributed by atoms with Gasteiger partial charge >= 0.3 is 0 Å². The number of ether oxygens (including phenoxy) is 1. The molecular weight excluding hydrogens is 240 g/mol. The molecule has 0 aliphatic heterocycles. The Morgan fingerprint density at radius 1 is 1.59 bits per heavy atom. The van der Waals surface area contributed by atoms with Crippen molar-refractivity contribution in [3.63, 3.8) is 0 Å². The van der Waals surface area contributed by atoms with Crippen molar-refractivity contribution >= 4 is 23.2 Å². The molecule has 1 atom stereocenters. The summed E-state index contributed by atoms with van der Waals surface area (Å²) in [4.78, 5) is 11.9. The third-order valence-corrected chi connectivity index (χ3v) is 2.58. The molecule has 5 heteroatoms. The standard InChI is InChI=1S/C12H17ClN2O2/c1-3-17-7-8(2)15-12(16)9-5-4-6-10(13)11(9)14/h4-6,8H,3,7,14H2,1-2H3,(H,15,16). The molecule has 0 heterocycles. The largest absolute Gasteiger partial charge is 0.397 e. The summed E-state index contributed by atoms with van der Waals surface area (Å²) >= 11 is 5.85. The number of carbonyl (C=O) groups excluding carboxylic acids is 1. The lowest BCUT2D eigenvalue weighted by Gasteiger charge is -2.14. The summed E-state index contributed by atoms with van der Waals surface area (Å²) < 4.78 is 5.21. The third-order valence-electron chi connectivity index (χ3n) is 2.25. The highest BCUT2D eigenvalue weighted by Crippen LogP contribution is 2.22. The first-order valence-corrected chi connectivity index (χ1v) is 5.86. The van der Waals surface area contributed by atoms with Crippen molar-refractivity contribution in [1.82, 2.24) is 5.32 Å². The Morgan fingerprint density at radius 2 is 2.29 bits per heavy atom. The lowest BCUT2D eigenvalue weighted by atomic mass is 10.1. The van der Waals surface area contributed by atoms with Crippen LogP contribution in [0.1, 0.15) is 24.2 Å². The van der Waals surface area contributed by atoms with Crippen LogP contribution in [0.25, 0.3) is 0 Å². The van der Waals surface area contributed by atoms with Crippen molar-refractivity contribution in [2.75, 3.05) is 18.9 Å². The first-order valence-electron chi connectivity index (χ1n) is 5.48. The fourth-order valence-corrected chi connectivity index (χ4v) is 1.55. The predicted octanol–water partition coefficient (Wildman–Crippen LogP) is 2.08. The van der Waals surface area contributed by atoms with Crippen molar-refractivity contribution in [2.45, 2.75) is 19.9 Å². The van der Waals surface area contributed by atoms with E-state index in [0.29, 0.717) is 29.5 Å². The Balaban J connectivity index is 2.67. The van der Waals surface area contributed by atoms with E-state index < -0.39 is 0 Å². The van der Waals surface area contributed by atoms with Gasteiger partial charge in [0.25, 0.3) is 5.91 Å². The van der Waals surface area contributed by atoms with Crippen LogP contribution in [-0.4, -0.2) is 25.2 Å². The monoisotopic (exact) mass is 256 g/mol. The smallest absolute Gasteiger partial charge is 0.253 e. The van der Waals surface area contributed by atoms with Crippen LogP contribution in [0.5, 0.6) is 0 Å². The van der Waals surface area contributed by atoms with Gasteiger partial charge in [-0.15, -0.1) is 0 Å². The molecule has 1 unspecified atom stereocenters. The zero-order valence-corrected chi connectivity index (χ0v) is 10.8. The van der Waals surface area contributed by atoms with Gasteiger partial charge in [0.15, 0.2) is 0 Å². The Bertz CT molecular complexity index is 396. The normalized spacial score (nSPS) is 12.2. The van der Waals surface area contributed by atoms with E-state index in [1.807, 2.05) is 13.8 Å². The molecule has 3 N–H and O–H groups in total. The van der Waals surface area contributed by atoms with Crippen LogP contribution in [0.3, 0.4) is 0 Å². The Kier molecular flexibility index (Phi) is 5.25. The number of nitrogens with two attached hydrogens (primary N) is 1. The van der Waals surface area contributed by atoms with Gasteiger partial charge in [-0.25, -0.2) is 0 Å². The van der Waals surface area contributed by atoms with Gasteiger partial charge in [0.1, 0.15) is 0 Å². The van der Waals surface area contributed by atoms with Crippen LogP contribution < -0.4 is 11.1 Å². The molecule has 1 rings (SSSR count). The number of rotatable bonds is 5.